The van der Waals surface area contributed by atoms with Gasteiger partial charge in [-0.25, -0.2) is 4.98 Å². The number of rotatable bonds is 3. The van der Waals surface area contributed by atoms with Gasteiger partial charge in [-0.2, -0.15) is 0 Å². The SMILES string of the molecule is Nc1ccccc1-c1csc(CC2CCCO2)n1. The second-order valence-electron chi connectivity index (χ2n) is 4.55. The fourth-order valence-electron chi connectivity index (χ4n) is 2.26. The van der Waals surface area contributed by atoms with Crippen LogP contribution in [-0.4, -0.2) is 17.7 Å². The van der Waals surface area contributed by atoms with E-state index in [1.54, 1.807) is 11.3 Å². The Bertz CT molecular complexity index is 532. The number of nitrogens with zero attached hydrogens (tertiary/aromatic N) is 1. The highest BCUT2D eigenvalue weighted by molar-refractivity contribution is 7.09. The maximum Gasteiger partial charge on any atom is 0.0958 e. The van der Waals surface area contributed by atoms with Crippen LogP contribution >= 0.6 is 11.3 Å². The molecule has 1 aromatic carbocycles. The van der Waals surface area contributed by atoms with Crippen LogP contribution in [0.4, 0.5) is 5.69 Å². The molecule has 1 fully saturated rings. The summed E-state index contributed by atoms with van der Waals surface area (Å²) in [6.45, 7) is 0.897. The number of anilines is 1. The van der Waals surface area contributed by atoms with Crippen LogP contribution in [0.2, 0.25) is 0 Å². The number of hydrogen-bond acceptors (Lipinski definition) is 4. The van der Waals surface area contributed by atoms with Gasteiger partial charge in [0.05, 0.1) is 16.8 Å². The maximum absolute atomic E-state index is 5.97. The van der Waals surface area contributed by atoms with Crippen molar-refractivity contribution in [3.8, 4) is 11.3 Å². The number of thiazole rings is 1. The van der Waals surface area contributed by atoms with Gasteiger partial charge in [0.25, 0.3) is 0 Å². The van der Waals surface area contributed by atoms with Crippen LogP contribution in [0, 0.1) is 0 Å². The second-order valence-corrected chi connectivity index (χ2v) is 5.50. The van der Waals surface area contributed by atoms with E-state index in [2.05, 4.69) is 10.4 Å². The minimum atomic E-state index is 0.358. The highest BCUT2D eigenvalue weighted by atomic mass is 32.1. The van der Waals surface area contributed by atoms with Gasteiger partial charge in [0.15, 0.2) is 0 Å². The molecule has 0 radical (unpaired) electrons. The molecule has 18 heavy (non-hydrogen) atoms. The monoisotopic (exact) mass is 260 g/mol. The molecule has 2 heterocycles. The van der Waals surface area contributed by atoms with E-state index in [4.69, 9.17) is 10.5 Å². The first-order chi connectivity index (χ1) is 8.83. The van der Waals surface area contributed by atoms with Crippen molar-refractivity contribution in [2.24, 2.45) is 0 Å². The molecule has 0 aliphatic carbocycles. The molecule has 3 rings (SSSR count). The van der Waals surface area contributed by atoms with Crippen molar-refractivity contribution in [3.05, 3.63) is 34.7 Å². The van der Waals surface area contributed by atoms with Crippen LogP contribution < -0.4 is 5.73 Å². The summed E-state index contributed by atoms with van der Waals surface area (Å²) in [6.07, 6.45) is 3.62. The normalized spacial score (nSPS) is 19.2. The average molecular weight is 260 g/mol. The molecule has 3 nitrogen and oxygen atoms in total. The lowest BCUT2D eigenvalue weighted by Gasteiger charge is -2.05. The Hall–Kier alpha value is -1.39. The molecule has 1 saturated heterocycles. The van der Waals surface area contributed by atoms with Crippen molar-refractivity contribution in [1.29, 1.82) is 0 Å². The van der Waals surface area contributed by atoms with Crippen molar-refractivity contribution in [3.63, 3.8) is 0 Å². The number of hydrogen-bond donors (Lipinski definition) is 1. The van der Waals surface area contributed by atoms with Crippen LogP contribution in [0.1, 0.15) is 17.8 Å². The van der Waals surface area contributed by atoms with E-state index < -0.39 is 0 Å². The molecule has 2 aromatic rings. The Balaban J connectivity index is 1.79. The van der Waals surface area contributed by atoms with E-state index in [1.165, 1.54) is 6.42 Å². The van der Waals surface area contributed by atoms with Gasteiger partial charge >= 0.3 is 0 Å². The van der Waals surface area contributed by atoms with E-state index >= 15 is 0 Å². The fourth-order valence-corrected chi connectivity index (χ4v) is 3.12. The molecule has 1 aliphatic heterocycles. The molecule has 0 spiro atoms. The summed E-state index contributed by atoms with van der Waals surface area (Å²) >= 11 is 1.69. The molecular weight excluding hydrogens is 244 g/mol. The van der Waals surface area contributed by atoms with Crippen molar-refractivity contribution in [2.75, 3.05) is 12.3 Å². The summed E-state index contributed by atoms with van der Waals surface area (Å²) in [5.74, 6) is 0. The van der Waals surface area contributed by atoms with E-state index in [-0.39, 0.29) is 0 Å². The zero-order valence-corrected chi connectivity index (χ0v) is 11.0. The standard InChI is InChI=1S/C14H16N2OS/c15-12-6-2-1-5-11(12)13-9-18-14(16-13)8-10-4-3-7-17-10/h1-2,5-6,9-10H,3-4,7-8,15H2. The largest absolute Gasteiger partial charge is 0.398 e. The number of nitrogen functional groups attached to an aromatic ring is 1. The molecule has 0 bridgehead atoms. The summed E-state index contributed by atoms with van der Waals surface area (Å²) in [5.41, 5.74) is 8.75. The van der Waals surface area contributed by atoms with Gasteiger partial charge in [-0.3, -0.25) is 0 Å². The predicted octanol–water partition coefficient (Wildman–Crippen LogP) is 3.11. The summed E-state index contributed by atoms with van der Waals surface area (Å²) in [7, 11) is 0. The Labute approximate surface area is 111 Å². The number of nitrogens with two attached hydrogens (primary N) is 1. The lowest BCUT2D eigenvalue weighted by atomic mass is 10.1. The Morgan fingerprint density at radius 3 is 3.06 bits per heavy atom. The molecule has 1 atom stereocenters. The molecule has 2 N–H and O–H groups in total. The zero-order valence-electron chi connectivity index (χ0n) is 10.1. The smallest absolute Gasteiger partial charge is 0.0958 e. The molecule has 0 saturated carbocycles. The summed E-state index contributed by atoms with van der Waals surface area (Å²) < 4.78 is 5.64. The molecular formula is C14H16N2OS. The number of aromatic nitrogens is 1. The summed E-state index contributed by atoms with van der Waals surface area (Å²) in [6, 6.07) is 7.86. The van der Waals surface area contributed by atoms with Crippen LogP contribution in [0.25, 0.3) is 11.3 Å². The van der Waals surface area contributed by atoms with Crippen molar-refractivity contribution in [2.45, 2.75) is 25.4 Å². The van der Waals surface area contributed by atoms with Gasteiger partial charge in [-0.05, 0) is 18.9 Å². The highest BCUT2D eigenvalue weighted by Crippen LogP contribution is 2.28. The van der Waals surface area contributed by atoms with Gasteiger partial charge in [0.1, 0.15) is 0 Å². The average Bonchev–Trinajstić information content (AvgIpc) is 3.02. The Morgan fingerprint density at radius 2 is 2.28 bits per heavy atom. The second kappa shape index (κ2) is 5.08. The third kappa shape index (κ3) is 2.40. The lowest BCUT2D eigenvalue weighted by Crippen LogP contribution is -2.08. The van der Waals surface area contributed by atoms with Crippen molar-refractivity contribution in [1.82, 2.24) is 4.98 Å². The van der Waals surface area contributed by atoms with Gasteiger partial charge in [0.2, 0.25) is 0 Å². The third-order valence-corrected chi connectivity index (χ3v) is 4.09. The van der Waals surface area contributed by atoms with Crippen LogP contribution in [-0.2, 0) is 11.2 Å². The summed E-state index contributed by atoms with van der Waals surface area (Å²) in [5, 5.41) is 3.22. The van der Waals surface area contributed by atoms with Crippen molar-refractivity contribution >= 4 is 17.0 Å². The topological polar surface area (TPSA) is 48.1 Å². The van der Waals surface area contributed by atoms with E-state index in [9.17, 15) is 0 Å². The number of para-hydroxylation sites is 1. The first-order valence-corrected chi connectivity index (χ1v) is 7.12. The van der Waals surface area contributed by atoms with Crippen LogP contribution in [0.15, 0.2) is 29.6 Å². The number of ether oxygens (including phenoxy) is 1. The van der Waals surface area contributed by atoms with Gasteiger partial charge < -0.3 is 10.5 Å². The van der Waals surface area contributed by atoms with E-state index in [1.807, 2.05) is 24.3 Å². The summed E-state index contributed by atoms with van der Waals surface area (Å²) in [4.78, 5) is 4.66. The maximum atomic E-state index is 5.97. The first-order valence-electron chi connectivity index (χ1n) is 6.24. The van der Waals surface area contributed by atoms with Gasteiger partial charge in [0, 0.05) is 29.7 Å². The first kappa shape index (κ1) is 11.7. The van der Waals surface area contributed by atoms with Crippen molar-refractivity contribution < 1.29 is 4.74 Å². The molecule has 1 aromatic heterocycles. The molecule has 94 valence electrons. The zero-order chi connectivity index (χ0) is 12.4. The molecule has 1 aliphatic rings. The molecule has 0 amide bonds. The lowest BCUT2D eigenvalue weighted by molar-refractivity contribution is 0.111. The number of benzene rings is 1. The van der Waals surface area contributed by atoms with Crippen LogP contribution in [0.5, 0.6) is 0 Å². The third-order valence-electron chi connectivity index (χ3n) is 3.21. The van der Waals surface area contributed by atoms with E-state index in [0.717, 1.165) is 41.4 Å². The fraction of sp³-hybridized carbons (Fsp3) is 0.357. The molecule has 1 unspecified atom stereocenters. The highest BCUT2D eigenvalue weighted by Gasteiger charge is 2.18. The Morgan fingerprint density at radius 1 is 1.39 bits per heavy atom. The van der Waals surface area contributed by atoms with Gasteiger partial charge in [-0.15, -0.1) is 11.3 Å². The van der Waals surface area contributed by atoms with Crippen LogP contribution in [0.3, 0.4) is 0 Å². The Kier molecular flexibility index (Phi) is 3.30. The molecule has 4 heteroatoms. The minimum Gasteiger partial charge on any atom is -0.398 e. The minimum absolute atomic E-state index is 0.358. The predicted molar refractivity (Wildman–Crippen MR) is 74.6 cm³/mol. The van der Waals surface area contributed by atoms with Gasteiger partial charge in [-0.1, -0.05) is 18.2 Å². The quantitative estimate of drug-likeness (QED) is 0.863. The van der Waals surface area contributed by atoms with E-state index in [0.29, 0.717) is 6.10 Å².